The molecule has 0 radical (unpaired) electrons. The van der Waals surface area contributed by atoms with Crippen LogP contribution in [0.3, 0.4) is 0 Å². The molecule has 0 atom stereocenters. The number of amides is 1. The van der Waals surface area contributed by atoms with E-state index in [1.807, 2.05) is 22.4 Å². The van der Waals surface area contributed by atoms with Gasteiger partial charge in [-0.3, -0.25) is 9.69 Å². The van der Waals surface area contributed by atoms with Crippen molar-refractivity contribution in [3.63, 3.8) is 0 Å². The number of hydrogen-bond acceptors (Lipinski definition) is 3. The highest BCUT2D eigenvalue weighted by Crippen LogP contribution is 2.16. The monoisotopic (exact) mass is 322 g/mol. The van der Waals surface area contributed by atoms with Crippen LogP contribution in [-0.4, -0.2) is 23.9 Å². The lowest BCUT2D eigenvalue weighted by Gasteiger charge is -2.19. The highest BCUT2D eigenvalue weighted by atomic mass is 32.1. The lowest BCUT2D eigenvalue weighted by molar-refractivity contribution is -0.117. The molecule has 0 aliphatic carbocycles. The Labute approximate surface area is 131 Å². The first-order chi connectivity index (χ1) is 10.6. The molecule has 2 aromatic rings. The molecule has 0 spiro atoms. The van der Waals surface area contributed by atoms with E-state index in [1.54, 1.807) is 17.4 Å². The fourth-order valence-electron chi connectivity index (χ4n) is 1.98. The summed E-state index contributed by atoms with van der Waals surface area (Å²) in [6.45, 7) is 4.86. The number of nitrogens with one attached hydrogen (secondary N) is 1. The first-order valence-corrected chi connectivity index (χ1v) is 7.57. The van der Waals surface area contributed by atoms with Gasteiger partial charge in [-0.15, -0.1) is 17.9 Å². The van der Waals surface area contributed by atoms with E-state index in [0.29, 0.717) is 13.1 Å². The molecule has 0 aliphatic heterocycles. The Hall–Kier alpha value is -2.05. The molecule has 2 rings (SSSR count). The standard InChI is InChI=1S/C16H16F2N2OS/c1-2-7-20(10-13-4-3-8-22-13)11-16(21)19-15-9-12(17)5-6-14(15)18/h2-6,8-9H,1,7,10-11H2,(H,19,21). The summed E-state index contributed by atoms with van der Waals surface area (Å²) < 4.78 is 26.6. The van der Waals surface area contributed by atoms with Gasteiger partial charge < -0.3 is 5.32 Å². The van der Waals surface area contributed by atoms with E-state index in [1.165, 1.54) is 0 Å². The van der Waals surface area contributed by atoms with Crippen LogP contribution in [0.25, 0.3) is 0 Å². The smallest absolute Gasteiger partial charge is 0.238 e. The Bertz CT molecular complexity index is 644. The summed E-state index contributed by atoms with van der Waals surface area (Å²) in [6.07, 6.45) is 1.70. The van der Waals surface area contributed by atoms with E-state index in [-0.39, 0.29) is 12.2 Å². The van der Waals surface area contributed by atoms with E-state index in [9.17, 15) is 13.6 Å². The van der Waals surface area contributed by atoms with Crippen LogP contribution < -0.4 is 5.32 Å². The summed E-state index contributed by atoms with van der Waals surface area (Å²) in [5.41, 5.74) is -0.153. The van der Waals surface area contributed by atoms with Gasteiger partial charge in [0.2, 0.25) is 5.91 Å². The normalized spacial score (nSPS) is 10.7. The van der Waals surface area contributed by atoms with E-state index in [2.05, 4.69) is 11.9 Å². The largest absolute Gasteiger partial charge is 0.322 e. The SMILES string of the molecule is C=CCN(CC(=O)Nc1cc(F)ccc1F)Cc1cccs1. The lowest BCUT2D eigenvalue weighted by atomic mass is 10.3. The molecular weight excluding hydrogens is 306 g/mol. The second-order valence-corrected chi connectivity index (χ2v) is 5.74. The number of thiophene rings is 1. The Morgan fingerprint density at radius 3 is 2.86 bits per heavy atom. The van der Waals surface area contributed by atoms with Crippen molar-refractivity contribution in [1.29, 1.82) is 0 Å². The quantitative estimate of drug-likeness (QED) is 0.789. The van der Waals surface area contributed by atoms with Crippen molar-refractivity contribution in [3.05, 3.63) is 64.9 Å². The Morgan fingerprint density at radius 2 is 2.18 bits per heavy atom. The first kappa shape index (κ1) is 16.3. The molecule has 1 aromatic heterocycles. The molecular formula is C16H16F2N2OS. The molecule has 1 amide bonds. The number of carbonyl (C=O) groups excluding carboxylic acids is 1. The first-order valence-electron chi connectivity index (χ1n) is 6.69. The van der Waals surface area contributed by atoms with Crippen LogP contribution in [0.15, 0.2) is 48.4 Å². The summed E-state index contributed by atoms with van der Waals surface area (Å²) in [4.78, 5) is 15.0. The van der Waals surface area contributed by atoms with Gasteiger partial charge in [-0.2, -0.15) is 0 Å². The highest BCUT2D eigenvalue weighted by Gasteiger charge is 2.13. The number of anilines is 1. The van der Waals surface area contributed by atoms with Crippen LogP contribution in [0, 0.1) is 11.6 Å². The summed E-state index contributed by atoms with van der Waals surface area (Å²) in [5, 5.41) is 4.35. The number of hydrogen-bond donors (Lipinski definition) is 1. The average molecular weight is 322 g/mol. The predicted octanol–water partition coefficient (Wildman–Crippen LogP) is 3.65. The van der Waals surface area contributed by atoms with E-state index in [4.69, 9.17) is 0 Å². The third-order valence-electron chi connectivity index (χ3n) is 2.92. The minimum absolute atomic E-state index is 0.0693. The van der Waals surface area contributed by atoms with Gasteiger partial charge in [0.05, 0.1) is 12.2 Å². The number of benzene rings is 1. The minimum Gasteiger partial charge on any atom is -0.322 e. The van der Waals surface area contributed by atoms with Crippen molar-refractivity contribution >= 4 is 22.9 Å². The maximum atomic E-state index is 13.5. The van der Waals surface area contributed by atoms with Gasteiger partial charge in [0, 0.05) is 24.0 Å². The van der Waals surface area contributed by atoms with Crippen LogP contribution in [0.4, 0.5) is 14.5 Å². The second kappa shape index (κ2) is 7.82. The number of carbonyl (C=O) groups is 1. The molecule has 0 bridgehead atoms. The van der Waals surface area contributed by atoms with Crippen molar-refractivity contribution in [2.45, 2.75) is 6.54 Å². The lowest BCUT2D eigenvalue weighted by Crippen LogP contribution is -2.33. The highest BCUT2D eigenvalue weighted by molar-refractivity contribution is 7.09. The zero-order valence-corrected chi connectivity index (χ0v) is 12.7. The van der Waals surface area contributed by atoms with Gasteiger partial charge in [-0.1, -0.05) is 12.1 Å². The zero-order chi connectivity index (χ0) is 15.9. The Balaban J connectivity index is 1.98. The summed E-state index contributed by atoms with van der Waals surface area (Å²) >= 11 is 1.60. The molecule has 0 unspecified atom stereocenters. The zero-order valence-electron chi connectivity index (χ0n) is 11.9. The molecule has 0 aliphatic rings. The molecule has 116 valence electrons. The predicted molar refractivity (Wildman–Crippen MR) is 84.8 cm³/mol. The molecule has 1 aromatic carbocycles. The van der Waals surface area contributed by atoms with Gasteiger partial charge >= 0.3 is 0 Å². The molecule has 0 saturated carbocycles. The van der Waals surface area contributed by atoms with E-state index in [0.717, 1.165) is 23.1 Å². The van der Waals surface area contributed by atoms with E-state index >= 15 is 0 Å². The third-order valence-corrected chi connectivity index (χ3v) is 3.78. The van der Waals surface area contributed by atoms with Crippen molar-refractivity contribution in [1.82, 2.24) is 4.90 Å². The summed E-state index contributed by atoms with van der Waals surface area (Å²) in [7, 11) is 0. The van der Waals surface area contributed by atoms with Crippen LogP contribution in [0.1, 0.15) is 4.88 Å². The Kier molecular flexibility index (Phi) is 5.80. The summed E-state index contributed by atoms with van der Waals surface area (Å²) in [5.74, 6) is -1.66. The second-order valence-electron chi connectivity index (χ2n) is 4.71. The third kappa shape index (κ3) is 4.75. The van der Waals surface area contributed by atoms with Gasteiger partial charge in [-0.05, 0) is 23.6 Å². The minimum atomic E-state index is -0.664. The van der Waals surface area contributed by atoms with Crippen LogP contribution >= 0.6 is 11.3 Å². The molecule has 6 heteroatoms. The molecule has 3 nitrogen and oxygen atoms in total. The van der Waals surface area contributed by atoms with Crippen molar-refractivity contribution in [2.24, 2.45) is 0 Å². The van der Waals surface area contributed by atoms with Gasteiger partial charge in [0.1, 0.15) is 11.6 Å². The van der Waals surface area contributed by atoms with Crippen LogP contribution in [0.5, 0.6) is 0 Å². The van der Waals surface area contributed by atoms with Gasteiger partial charge in [0.25, 0.3) is 0 Å². The van der Waals surface area contributed by atoms with E-state index < -0.39 is 17.5 Å². The molecule has 0 saturated heterocycles. The average Bonchev–Trinajstić information content (AvgIpc) is 2.96. The Morgan fingerprint density at radius 1 is 1.36 bits per heavy atom. The summed E-state index contributed by atoms with van der Waals surface area (Å²) in [6, 6.07) is 6.87. The van der Waals surface area contributed by atoms with Gasteiger partial charge in [-0.25, -0.2) is 8.78 Å². The van der Waals surface area contributed by atoms with Crippen molar-refractivity contribution in [3.8, 4) is 0 Å². The number of rotatable bonds is 7. The maximum absolute atomic E-state index is 13.5. The maximum Gasteiger partial charge on any atom is 0.238 e. The number of nitrogens with zero attached hydrogens (tertiary/aromatic N) is 1. The van der Waals surface area contributed by atoms with Gasteiger partial charge in [0.15, 0.2) is 0 Å². The van der Waals surface area contributed by atoms with Crippen molar-refractivity contribution < 1.29 is 13.6 Å². The van der Waals surface area contributed by atoms with Crippen molar-refractivity contribution in [2.75, 3.05) is 18.4 Å². The fourth-order valence-corrected chi connectivity index (χ4v) is 2.72. The number of halogens is 2. The molecule has 0 fully saturated rings. The van der Waals surface area contributed by atoms with Crippen LogP contribution in [0.2, 0.25) is 0 Å². The van der Waals surface area contributed by atoms with Crippen LogP contribution in [-0.2, 0) is 11.3 Å². The fraction of sp³-hybridized carbons (Fsp3) is 0.188. The topological polar surface area (TPSA) is 32.3 Å². The molecule has 22 heavy (non-hydrogen) atoms. The molecule has 1 heterocycles. The molecule has 1 N–H and O–H groups in total.